The zero-order chi connectivity index (χ0) is 17.6. The number of nitrogens with zero attached hydrogens (tertiary/aromatic N) is 1. The molecule has 0 unspecified atom stereocenters. The number of aliphatic hydroxyl groups is 1. The number of amides is 2. The van der Waals surface area contributed by atoms with Gasteiger partial charge in [-0.1, -0.05) is 29.8 Å². The monoisotopic (exact) mass is 321 g/mol. The van der Waals surface area contributed by atoms with Gasteiger partial charge in [0, 0.05) is 0 Å². The minimum Gasteiger partial charge on any atom is -0.502 e. The second kappa shape index (κ2) is 5.64. The van der Waals surface area contributed by atoms with Crippen LogP contribution < -0.4 is 4.90 Å². The molecule has 0 atom stereocenters. The molecule has 1 heterocycles. The molecule has 4 nitrogen and oxygen atoms in total. The van der Waals surface area contributed by atoms with E-state index in [2.05, 4.69) is 0 Å². The number of carbonyl (C=O) groups is 2. The molecule has 0 aromatic heterocycles. The number of aryl methyl sites for hydroxylation is 4. The number of hydrogen-bond acceptors (Lipinski definition) is 3. The maximum atomic E-state index is 12.9. The molecule has 0 saturated heterocycles. The topological polar surface area (TPSA) is 57.6 Å². The smallest absolute Gasteiger partial charge is 0.301 e. The first-order chi connectivity index (χ1) is 11.3. The van der Waals surface area contributed by atoms with Gasteiger partial charge in [-0.05, 0) is 62.1 Å². The van der Waals surface area contributed by atoms with Gasteiger partial charge in [0.1, 0.15) is 0 Å². The minimum atomic E-state index is -0.681. The fraction of sp³-hybridized carbons (Fsp3) is 0.200. The third kappa shape index (κ3) is 2.50. The summed E-state index contributed by atoms with van der Waals surface area (Å²) in [6.07, 6.45) is 0. The Kier molecular flexibility index (Phi) is 3.76. The van der Waals surface area contributed by atoms with E-state index in [1.165, 1.54) is 0 Å². The third-order valence-corrected chi connectivity index (χ3v) is 4.18. The van der Waals surface area contributed by atoms with Crippen molar-refractivity contribution in [2.75, 3.05) is 4.90 Å². The number of carbonyl (C=O) groups excluding carboxylic acids is 2. The third-order valence-electron chi connectivity index (χ3n) is 4.18. The van der Waals surface area contributed by atoms with Gasteiger partial charge < -0.3 is 5.11 Å². The Morgan fingerprint density at radius 2 is 1.42 bits per heavy atom. The van der Waals surface area contributed by atoms with Gasteiger partial charge in [-0.15, -0.1) is 0 Å². The average molecular weight is 321 g/mol. The predicted molar refractivity (Wildman–Crippen MR) is 93.9 cm³/mol. The molecule has 1 N–H and O–H groups in total. The van der Waals surface area contributed by atoms with Gasteiger partial charge in [-0.2, -0.15) is 0 Å². The highest BCUT2D eigenvalue weighted by atomic mass is 16.3. The molecule has 4 heteroatoms. The van der Waals surface area contributed by atoms with E-state index < -0.39 is 17.6 Å². The Balaban J connectivity index is 2.11. The zero-order valence-electron chi connectivity index (χ0n) is 14.2. The van der Waals surface area contributed by atoms with Crippen LogP contribution in [0.5, 0.6) is 0 Å². The first-order valence-electron chi connectivity index (χ1n) is 7.77. The maximum Gasteiger partial charge on any atom is 0.301 e. The molecular weight excluding hydrogens is 302 g/mol. The van der Waals surface area contributed by atoms with E-state index in [1.54, 1.807) is 18.2 Å². The highest BCUT2D eigenvalue weighted by Crippen LogP contribution is 2.34. The summed E-state index contributed by atoms with van der Waals surface area (Å²) in [7, 11) is 0. The van der Waals surface area contributed by atoms with Crippen molar-refractivity contribution in [3.63, 3.8) is 0 Å². The molecule has 0 radical (unpaired) electrons. The van der Waals surface area contributed by atoms with Crippen LogP contribution in [0, 0.1) is 27.7 Å². The predicted octanol–water partition coefficient (Wildman–Crippen LogP) is 3.76. The van der Waals surface area contributed by atoms with Crippen molar-refractivity contribution in [2.45, 2.75) is 27.7 Å². The molecule has 0 aliphatic carbocycles. The Labute approximate surface area is 141 Å². The largest absolute Gasteiger partial charge is 0.502 e. The Morgan fingerprint density at radius 3 is 2.00 bits per heavy atom. The van der Waals surface area contributed by atoms with Gasteiger partial charge in [0.2, 0.25) is 0 Å². The number of aliphatic hydroxyl groups excluding tert-OH is 1. The number of rotatable bonds is 2. The van der Waals surface area contributed by atoms with Gasteiger partial charge in [-0.25, -0.2) is 4.90 Å². The van der Waals surface area contributed by atoms with Crippen molar-refractivity contribution >= 4 is 23.1 Å². The summed E-state index contributed by atoms with van der Waals surface area (Å²) in [5, 5.41) is 10.3. The van der Waals surface area contributed by atoms with Gasteiger partial charge in [-0.3, -0.25) is 9.59 Å². The van der Waals surface area contributed by atoms with Crippen LogP contribution in [-0.4, -0.2) is 16.9 Å². The van der Waals surface area contributed by atoms with E-state index in [0.29, 0.717) is 11.3 Å². The van der Waals surface area contributed by atoms with Crippen molar-refractivity contribution in [3.8, 4) is 0 Å². The van der Waals surface area contributed by atoms with Crippen LogP contribution in [0.4, 0.5) is 5.69 Å². The quantitative estimate of drug-likeness (QED) is 0.857. The lowest BCUT2D eigenvalue weighted by Crippen LogP contribution is -2.31. The standard InChI is InChI=1S/C20H19NO3/c1-11-5-6-16(14(4)8-11)17-18(22)20(24)21(19(17)23)15-9-12(2)7-13(3)10-15/h5-10,22H,1-4H3. The normalized spacial score (nSPS) is 14.8. The van der Waals surface area contributed by atoms with Gasteiger partial charge in [0.15, 0.2) is 5.76 Å². The average Bonchev–Trinajstić information content (AvgIpc) is 2.69. The molecule has 1 aliphatic rings. The Morgan fingerprint density at radius 1 is 0.792 bits per heavy atom. The summed E-state index contributed by atoms with van der Waals surface area (Å²) in [5.41, 5.74) is 4.93. The van der Waals surface area contributed by atoms with E-state index in [4.69, 9.17) is 0 Å². The van der Waals surface area contributed by atoms with Crippen LogP contribution in [-0.2, 0) is 9.59 Å². The fourth-order valence-electron chi connectivity index (χ4n) is 3.17. The van der Waals surface area contributed by atoms with Crippen molar-refractivity contribution in [1.82, 2.24) is 0 Å². The molecule has 2 amide bonds. The summed E-state index contributed by atoms with van der Waals surface area (Å²) < 4.78 is 0. The maximum absolute atomic E-state index is 12.9. The summed E-state index contributed by atoms with van der Waals surface area (Å²) in [5.74, 6) is -1.67. The molecule has 1 aliphatic heterocycles. The summed E-state index contributed by atoms with van der Waals surface area (Å²) in [6, 6.07) is 11.0. The van der Waals surface area contributed by atoms with Crippen LogP contribution in [0.1, 0.15) is 27.8 Å². The fourth-order valence-corrected chi connectivity index (χ4v) is 3.17. The van der Waals surface area contributed by atoms with E-state index in [9.17, 15) is 14.7 Å². The molecule has 3 rings (SSSR count). The Bertz CT molecular complexity index is 889. The molecule has 0 bridgehead atoms. The second-order valence-corrected chi connectivity index (χ2v) is 6.33. The SMILES string of the molecule is Cc1cc(C)cc(N2C(=O)C(O)=C(c3ccc(C)cc3C)C2=O)c1. The summed E-state index contributed by atoms with van der Waals surface area (Å²) in [4.78, 5) is 26.4. The lowest BCUT2D eigenvalue weighted by molar-refractivity contribution is -0.121. The molecular formula is C20H19NO3. The molecule has 122 valence electrons. The van der Waals surface area contributed by atoms with Gasteiger partial charge in [0.05, 0.1) is 11.3 Å². The molecule has 24 heavy (non-hydrogen) atoms. The van der Waals surface area contributed by atoms with Crippen molar-refractivity contribution in [2.24, 2.45) is 0 Å². The van der Waals surface area contributed by atoms with Crippen LogP contribution >= 0.6 is 0 Å². The lowest BCUT2D eigenvalue weighted by Gasteiger charge is -2.16. The molecule has 0 fully saturated rings. The lowest BCUT2D eigenvalue weighted by atomic mass is 9.98. The van der Waals surface area contributed by atoms with Crippen LogP contribution in [0.3, 0.4) is 0 Å². The molecule has 0 saturated carbocycles. The zero-order valence-corrected chi connectivity index (χ0v) is 14.2. The van der Waals surface area contributed by atoms with Gasteiger partial charge >= 0.3 is 5.91 Å². The van der Waals surface area contributed by atoms with E-state index in [0.717, 1.165) is 27.2 Å². The van der Waals surface area contributed by atoms with Gasteiger partial charge in [0.25, 0.3) is 5.91 Å². The van der Waals surface area contributed by atoms with E-state index in [-0.39, 0.29) is 5.57 Å². The van der Waals surface area contributed by atoms with Crippen LogP contribution in [0.15, 0.2) is 42.2 Å². The van der Waals surface area contributed by atoms with Crippen molar-refractivity contribution < 1.29 is 14.7 Å². The Hall–Kier alpha value is -2.88. The van der Waals surface area contributed by atoms with E-state index in [1.807, 2.05) is 45.9 Å². The van der Waals surface area contributed by atoms with Crippen molar-refractivity contribution in [3.05, 3.63) is 70.0 Å². The number of imide groups is 1. The molecule has 2 aromatic rings. The second-order valence-electron chi connectivity index (χ2n) is 6.33. The summed E-state index contributed by atoms with van der Waals surface area (Å²) in [6.45, 7) is 7.62. The first-order valence-corrected chi connectivity index (χ1v) is 7.77. The highest BCUT2D eigenvalue weighted by molar-refractivity contribution is 6.45. The minimum absolute atomic E-state index is 0.0664. The molecule has 2 aromatic carbocycles. The summed E-state index contributed by atoms with van der Waals surface area (Å²) >= 11 is 0. The van der Waals surface area contributed by atoms with Crippen molar-refractivity contribution in [1.29, 1.82) is 0 Å². The number of hydrogen-bond donors (Lipinski definition) is 1. The first kappa shape index (κ1) is 16.0. The van der Waals surface area contributed by atoms with E-state index >= 15 is 0 Å². The van der Waals surface area contributed by atoms with Crippen LogP contribution in [0.25, 0.3) is 5.57 Å². The number of anilines is 1. The highest BCUT2D eigenvalue weighted by Gasteiger charge is 2.40. The molecule has 0 spiro atoms. The number of benzene rings is 2. The van der Waals surface area contributed by atoms with Crippen LogP contribution in [0.2, 0.25) is 0 Å².